The zero-order chi connectivity index (χ0) is 23.2. The van der Waals surface area contributed by atoms with Crippen LogP contribution in [0.4, 0.5) is 16.2 Å². The van der Waals surface area contributed by atoms with Crippen molar-refractivity contribution in [2.75, 3.05) is 17.3 Å². The van der Waals surface area contributed by atoms with E-state index >= 15 is 0 Å². The number of carbonyl (C=O) groups excluding carboxylic acids is 2. The van der Waals surface area contributed by atoms with E-state index in [9.17, 15) is 9.59 Å². The highest BCUT2D eigenvalue weighted by molar-refractivity contribution is 6.30. The highest BCUT2D eigenvalue weighted by Crippen LogP contribution is 2.46. The van der Waals surface area contributed by atoms with Crippen molar-refractivity contribution >= 4 is 34.9 Å². The number of urea groups is 1. The van der Waals surface area contributed by atoms with Gasteiger partial charge in [-0.05, 0) is 55.5 Å². The second-order valence-electron chi connectivity index (χ2n) is 8.21. The van der Waals surface area contributed by atoms with Crippen molar-refractivity contribution in [2.45, 2.75) is 25.1 Å². The minimum absolute atomic E-state index is 0.210. The Kier molecular flexibility index (Phi) is 5.13. The van der Waals surface area contributed by atoms with Gasteiger partial charge in [0, 0.05) is 22.6 Å². The van der Waals surface area contributed by atoms with E-state index in [4.69, 9.17) is 21.1 Å². The minimum Gasteiger partial charge on any atom is -0.495 e. The third-order valence-corrected chi connectivity index (χ3v) is 6.19. The molecule has 2 aliphatic heterocycles. The average molecular weight is 464 g/mol. The number of methoxy groups -OCH3 is 1. The summed E-state index contributed by atoms with van der Waals surface area (Å²) in [7, 11) is 1.55. The number of nitrogens with zero attached hydrogens (tertiary/aromatic N) is 1. The number of amides is 3. The number of fused-ring (bicyclic) bond motifs is 4. The molecule has 7 nitrogen and oxygen atoms in total. The van der Waals surface area contributed by atoms with Crippen LogP contribution in [-0.2, 0) is 0 Å². The van der Waals surface area contributed by atoms with Crippen LogP contribution in [0.2, 0.25) is 5.02 Å². The molecule has 1 fully saturated rings. The first kappa shape index (κ1) is 21.2. The molecule has 2 bridgehead atoms. The van der Waals surface area contributed by atoms with Gasteiger partial charge < -0.3 is 20.1 Å². The number of halogens is 1. The summed E-state index contributed by atoms with van der Waals surface area (Å²) in [5, 5.41) is 6.49. The van der Waals surface area contributed by atoms with E-state index in [1.165, 1.54) is 0 Å². The molecule has 5 rings (SSSR count). The molecule has 0 unspecified atom stereocenters. The highest BCUT2D eigenvalue weighted by atomic mass is 35.5. The SMILES string of the molecule is COc1ccccc1NC(=O)c1cccc(N2C(=O)N[C@H]3C[C@@]2(C)Oc2ccc(Cl)cc23)c1. The van der Waals surface area contributed by atoms with Crippen LogP contribution in [0, 0.1) is 0 Å². The molecule has 3 amide bonds. The van der Waals surface area contributed by atoms with Gasteiger partial charge in [0.05, 0.1) is 24.5 Å². The standard InChI is InChI=1S/C25H22ClN3O4/c1-25-14-20(18-13-16(26)10-11-21(18)33-25)28-24(31)29(25)17-7-5-6-15(12-17)23(30)27-19-8-3-4-9-22(19)32-2/h3-13,20H,14H2,1-2H3,(H,27,30)(H,28,31)/t20-,25+/m0/s1. The van der Waals surface area contributed by atoms with Gasteiger partial charge in [0.25, 0.3) is 5.91 Å². The molecular weight excluding hydrogens is 442 g/mol. The molecule has 0 aliphatic carbocycles. The maximum Gasteiger partial charge on any atom is 0.325 e. The molecule has 3 aromatic carbocycles. The molecule has 2 aliphatic rings. The number of hydrogen-bond acceptors (Lipinski definition) is 4. The minimum atomic E-state index is -0.925. The van der Waals surface area contributed by atoms with Gasteiger partial charge >= 0.3 is 6.03 Å². The van der Waals surface area contributed by atoms with Gasteiger partial charge in [-0.1, -0.05) is 29.8 Å². The number of hydrogen-bond donors (Lipinski definition) is 2. The smallest absolute Gasteiger partial charge is 0.325 e. The summed E-state index contributed by atoms with van der Waals surface area (Å²) in [6.07, 6.45) is 0.531. The Hall–Kier alpha value is -3.71. The first-order valence-corrected chi connectivity index (χ1v) is 10.9. The lowest BCUT2D eigenvalue weighted by atomic mass is 9.90. The van der Waals surface area contributed by atoms with Crippen LogP contribution in [0.15, 0.2) is 66.7 Å². The Morgan fingerprint density at radius 3 is 2.82 bits per heavy atom. The van der Waals surface area contributed by atoms with Gasteiger partial charge in [-0.3, -0.25) is 9.69 Å². The molecular formula is C25H22ClN3O4. The number of benzene rings is 3. The Morgan fingerprint density at radius 1 is 1.18 bits per heavy atom. The normalized spacial score (nSPS) is 20.9. The summed E-state index contributed by atoms with van der Waals surface area (Å²) >= 11 is 6.15. The molecule has 0 radical (unpaired) electrons. The first-order valence-electron chi connectivity index (χ1n) is 10.5. The lowest BCUT2D eigenvalue weighted by Crippen LogP contribution is -2.65. The van der Waals surface area contributed by atoms with Crippen molar-refractivity contribution in [2.24, 2.45) is 0 Å². The van der Waals surface area contributed by atoms with E-state index in [1.807, 2.05) is 31.2 Å². The van der Waals surface area contributed by atoms with Crippen LogP contribution in [0.3, 0.4) is 0 Å². The average Bonchev–Trinajstić information content (AvgIpc) is 2.79. The lowest BCUT2D eigenvalue weighted by Gasteiger charge is -2.50. The number of rotatable bonds is 4. The van der Waals surface area contributed by atoms with E-state index in [1.54, 1.807) is 54.5 Å². The molecule has 33 heavy (non-hydrogen) atoms. The second kappa shape index (κ2) is 8.01. The Balaban J connectivity index is 1.45. The van der Waals surface area contributed by atoms with Crippen molar-refractivity contribution in [3.05, 3.63) is 82.9 Å². The van der Waals surface area contributed by atoms with Gasteiger partial charge in [0.15, 0.2) is 5.72 Å². The lowest BCUT2D eigenvalue weighted by molar-refractivity contribution is 0.0378. The van der Waals surface area contributed by atoms with E-state index in [2.05, 4.69) is 10.6 Å². The number of carbonyl (C=O) groups is 2. The Labute approximate surface area is 196 Å². The largest absolute Gasteiger partial charge is 0.495 e. The summed E-state index contributed by atoms with van der Waals surface area (Å²) in [6, 6.07) is 19.0. The van der Waals surface area contributed by atoms with Crippen LogP contribution in [0.1, 0.15) is 35.3 Å². The van der Waals surface area contributed by atoms with Crippen molar-refractivity contribution in [3.8, 4) is 11.5 Å². The van der Waals surface area contributed by atoms with Crippen LogP contribution >= 0.6 is 11.6 Å². The van der Waals surface area contributed by atoms with Crippen molar-refractivity contribution in [1.82, 2.24) is 5.32 Å². The molecule has 0 aromatic heterocycles. The molecule has 3 aromatic rings. The van der Waals surface area contributed by atoms with Crippen LogP contribution in [-0.4, -0.2) is 24.8 Å². The number of para-hydroxylation sites is 2. The maximum absolute atomic E-state index is 13.1. The van der Waals surface area contributed by atoms with Crippen LogP contribution < -0.4 is 25.0 Å². The summed E-state index contributed by atoms with van der Waals surface area (Å²) < 4.78 is 11.6. The fourth-order valence-corrected chi connectivity index (χ4v) is 4.65. The molecule has 0 saturated carbocycles. The fraction of sp³-hybridized carbons (Fsp3) is 0.200. The molecule has 168 valence electrons. The predicted octanol–water partition coefficient (Wildman–Crippen LogP) is 5.37. The zero-order valence-corrected chi connectivity index (χ0v) is 18.8. The van der Waals surface area contributed by atoms with E-state index in [-0.39, 0.29) is 18.0 Å². The van der Waals surface area contributed by atoms with Crippen LogP contribution in [0.25, 0.3) is 0 Å². The molecule has 2 atom stereocenters. The number of ether oxygens (including phenoxy) is 2. The Morgan fingerprint density at radius 2 is 2.00 bits per heavy atom. The third kappa shape index (κ3) is 3.74. The quantitative estimate of drug-likeness (QED) is 0.545. The van der Waals surface area contributed by atoms with Crippen LogP contribution in [0.5, 0.6) is 11.5 Å². The Bertz CT molecular complexity index is 1260. The van der Waals surface area contributed by atoms with Crippen molar-refractivity contribution < 1.29 is 19.1 Å². The monoisotopic (exact) mass is 463 g/mol. The summed E-state index contributed by atoms with van der Waals surface area (Å²) in [5.74, 6) is 0.921. The number of anilines is 2. The van der Waals surface area contributed by atoms with Gasteiger partial charge in [-0.2, -0.15) is 0 Å². The molecule has 8 heteroatoms. The van der Waals surface area contributed by atoms with Gasteiger partial charge in [-0.25, -0.2) is 4.79 Å². The highest BCUT2D eigenvalue weighted by Gasteiger charge is 2.50. The molecule has 2 heterocycles. The van der Waals surface area contributed by atoms with Crippen molar-refractivity contribution in [3.63, 3.8) is 0 Å². The van der Waals surface area contributed by atoms with E-state index < -0.39 is 5.72 Å². The third-order valence-electron chi connectivity index (χ3n) is 5.96. The fourth-order valence-electron chi connectivity index (χ4n) is 4.46. The van der Waals surface area contributed by atoms with Gasteiger partial charge in [-0.15, -0.1) is 0 Å². The van der Waals surface area contributed by atoms with E-state index in [0.717, 1.165) is 5.56 Å². The molecule has 2 N–H and O–H groups in total. The predicted molar refractivity (Wildman–Crippen MR) is 126 cm³/mol. The maximum atomic E-state index is 13.1. The molecule has 0 spiro atoms. The topological polar surface area (TPSA) is 79.9 Å². The second-order valence-corrected chi connectivity index (χ2v) is 8.64. The first-order chi connectivity index (χ1) is 15.9. The molecule has 1 saturated heterocycles. The summed E-state index contributed by atoms with van der Waals surface area (Å²) in [4.78, 5) is 27.7. The van der Waals surface area contributed by atoms with E-state index in [0.29, 0.717) is 39.9 Å². The van der Waals surface area contributed by atoms with Gasteiger partial charge in [0.2, 0.25) is 0 Å². The number of nitrogens with one attached hydrogen (secondary N) is 2. The van der Waals surface area contributed by atoms with Crippen molar-refractivity contribution in [1.29, 1.82) is 0 Å². The van der Waals surface area contributed by atoms with Gasteiger partial charge in [0.1, 0.15) is 11.5 Å². The zero-order valence-electron chi connectivity index (χ0n) is 18.1. The summed E-state index contributed by atoms with van der Waals surface area (Å²) in [6.45, 7) is 1.87. The summed E-state index contributed by atoms with van der Waals surface area (Å²) in [5.41, 5.74) is 1.45.